The smallest absolute Gasteiger partial charge is 0.0436 e. The van der Waals surface area contributed by atoms with Crippen molar-refractivity contribution in [1.29, 1.82) is 0 Å². The molecular weight excluding hydrogens is 174 g/mol. The second kappa shape index (κ2) is 5.13. The van der Waals surface area contributed by atoms with Crippen LogP contribution < -0.4 is 5.73 Å². The fraction of sp³-hybridized carbons (Fsp3) is 1.00. The number of hydrogen-bond donors (Lipinski definition) is 2. The number of rotatable bonds is 5. The van der Waals surface area contributed by atoms with E-state index in [1.807, 2.05) is 0 Å². The van der Waals surface area contributed by atoms with Crippen LogP contribution in [0.2, 0.25) is 0 Å². The molecule has 0 heterocycles. The molecule has 1 rings (SSSR count). The third-order valence-electron chi connectivity index (χ3n) is 4.23. The van der Waals surface area contributed by atoms with Crippen molar-refractivity contribution in [2.45, 2.75) is 58.4 Å². The minimum Gasteiger partial charge on any atom is -0.396 e. The predicted molar refractivity (Wildman–Crippen MR) is 60.0 cm³/mol. The summed E-state index contributed by atoms with van der Waals surface area (Å²) >= 11 is 0. The molecule has 84 valence electrons. The van der Waals surface area contributed by atoms with Crippen LogP contribution in [0.25, 0.3) is 0 Å². The first kappa shape index (κ1) is 12.0. The Kier molecular flexibility index (Phi) is 4.39. The molecule has 0 radical (unpaired) electrons. The fourth-order valence-electron chi connectivity index (χ4n) is 2.98. The van der Waals surface area contributed by atoms with Crippen molar-refractivity contribution < 1.29 is 5.11 Å². The third-order valence-corrected chi connectivity index (χ3v) is 4.23. The lowest BCUT2D eigenvalue weighted by Crippen LogP contribution is -2.44. The van der Waals surface area contributed by atoms with Gasteiger partial charge in [-0.25, -0.2) is 0 Å². The largest absolute Gasteiger partial charge is 0.396 e. The lowest BCUT2D eigenvalue weighted by Gasteiger charge is -2.40. The van der Waals surface area contributed by atoms with Gasteiger partial charge in [0.15, 0.2) is 0 Å². The Morgan fingerprint density at radius 3 is 2.43 bits per heavy atom. The molecular formula is C12H25NO. The highest BCUT2D eigenvalue weighted by Gasteiger charge is 2.39. The molecule has 0 bridgehead atoms. The Labute approximate surface area is 87.9 Å². The van der Waals surface area contributed by atoms with Gasteiger partial charge in [0, 0.05) is 12.6 Å². The predicted octanol–water partition coefficient (Wildman–Crippen LogP) is 2.30. The van der Waals surface area contributed by atoms with Crippen LogP contribution in [0.15, 0.2) is 0 Å². The van der Waals surface area contributed by atoms with Crippen LogP contribution in [0.4, 0.5) is 0 Å². The Hall–Kier alpha value is -0.0800. The highest BCUT2D eigenvalue weighted by atomic mass is 16.3. The Balaban J connectivity index is 2.68. The molecule has 3 N–H and O–H groups in total. The lowest BCUT2D eigenvalue weighted by atomic mass is 9.68. The molecule has 1 saturated carbocycles. The van der Waals surface area contributed by atoms with Crippen molar-refractivity contribution in [2.75, 3.05) is 6.61 Å². The SMILES string of the molecule is CCC(N)C(C)(CCO)C1CCCC1. The van der Waals surface area contributed by atoms with Gasteiger partial charge in [-0.05, 0) is 37.0 Å². The molecule has 2 atom stereocenters. The molecule has 0 aliphatic heterocycles. The highest BCUT2D eigenvalue weighted by Crippen LogP contribution is 2.44. The first-order valence-corrected chi connectivity index (χ1v) is 6.01. The Bertz CT molecular complexity index is 166. The first-order chi connectivity index (χ1) is 6.65. The fourth-order valence-corrected chi connectivity index (χ4v) is 2.98. The summed E-state index contributed by atoms with van der Waals surface area (Å²) in [5.74, 6) is 0.740. The second-order valence-corrected chi connectivity index (χ2v) is 4.98. The maximum absolute atomic E-state index is 9.15. The van der Waals surface area contributed by atoms with Gasteiger partial charge in [0.05, 0.1) is 0 Å². The van der Waals surface area contributed by atoms with Crippen LogP contribution in [0.3, 0.4) is 0 Å². The minimum atomic E-state index is 0.167. The number of nitrogens with two attached hydrogens (primary N) is 1. The summed E-state index contributed by atoms with van der Waals surface area (Å²) in [6.45, 7) is 4.70. The van der Waals surface area contributed by atoms with Gasteiger partial charge < -0.3 is 10.8 Å². The zero-order chi connectivity index (χ0) is 10.6. The van der Waals surface area contributed by atoms with Crippen LogP contribution in [0.1, 0.15) is 52.4 Å². The van der Waals surface area contributed by atoms with Crippen LogP contribution in [0, 0.1) is 11.3 Å². The maximum Gasteiger partial charge on any atom is 0.0436 e. The van der Waals surface area contributed by atoms with Crippen molar-refractivity contribution in [2.24, 2.45) is 17.1 Å². The second-order valence-electron chi connectivity index (χ2n) is 4.98. The molecule has 0 amide bonds. The van der Waals surface area contributed by atoms with Gasteiger partial charge in [-0.1, -0.05) is 26.7 Å². The van der Waals surface area contributed by atoms with E-state index in [1.165, 1.54) is 25.7 Å². The number of aliphatic hydroxyl groups excluding tert-OH is 1. The van der Waals surface area contributed by atoms with E-state index in [0.29, 0.717) is 0 Å². The monoisotopic (exact) mass is 199 g/mol. The highest BCUT2D eigenvalue weighted by molar-refractivity contribution is 4.92. The molecule has 2 unspecified atom stereocenters. The van der Waals surface area contributed by atoms with E-state index in [9.17, 15) is 0 Å². The zero-order valence-corrected chi connectivity index (χ0v) is 9.63. The van der Waals surface area contributed by atoms with E-state index in [4.69, 9.17) is 10.8 Å². The van der Waals surface area contributed by atoms with Gasteiger partial charge >= 0.3 is 0 Å². The van der Waals surface area contributed by atoms with Gasteiger partial charge in [-0.2, -0.15) is 0 Å². The first-order valence-electron chi connectivity index (χ1n) is 6.01. The molecule has 1 fully saturated rings. The Morgan fingerprint density at radius 1 is 1.43 bits per heavy atom. The van der Waals surface area contributed by atoms with Crippen molar-refractivity contribution in [3.8, 4) is 0 Å². The van der Waals surface area contributed by atoms with Gasteiger partial charge in [-0.3, -0.25) is 0 Å². The minimum absolute atomic E-state index is 0.167. The van der Waals surface area contributed by atoms with Crippen molar-refractivity contribution in [1.82, 2.24) is 0 Å². The van der Waals surface area contributed by atoms with E-state index in [0.717, 1.165) is 18.8 Å². The van der Waals surface area contributed by atoms with Crippen molar-refractivity contribution in [3.63, 3.8) is 0 Å². The molecule has 0 aromatic rings. The van der Waals surface area contributed by atoms with E-state index < -0.39 is 0 Å². The summed E-state index contributed by atoms with van der Waals surface area (Å²) in [4.78, 5) is 0. The van der Waals surface area contributed by atoms with E-state index in [-0.39, 0.29) is 18.1 Å². The summed E-state index contributed by atoms with van der Waals surface area (Å²) in [5.41, 5.74) is 6.37. The van der Waals surface area contributed by atoms with Gasteiger partial charge in [-0.15, -0.1) is 0 Å². The van der Waals surface area contributed by atoms with Gasteiger partial charge in [0.2, 0.25) is 0 Å². The molecule has 0 saturated heterocycles. The standard InChI is InChI=1S/C12H25NO/c1-3-11(13)12(2,8-9-14)10-6-4-5-7-10/h10-11,14H,3-9,13H2,1-2H3. The van der Waals surface area contributed by atoms with Crippen LogP contribution in [-0.2, 0) is 0 Å². The quantitative estimate of drug-likeness (QED) is 0.713. The number of hydrogen-bond acceptors (Lipinski definition) is 2. The van der Waals surface area contributed by atoms with Gasteiger partial charge in [0.25, 0.3) is 0 Å². The third kappa shape index (κ3) is 2.29. The summed E-state index contributed by atoms with van der Waals surface area (Å²) in [6, 6.07) is 0.248. The van der Waals surface area contributed by atoms with Crippen LogP contribution in [0.5, 0.6) is 0 Å². The lowest BCUT2D eigenvalue weighted by molar-refractivity contribution is 0.0944. The summed E-state index contributed by atoms with van der Waals surface area (Å²) < 4.78 is 0. The van der Waals surface area contributed by atoms with E-state index >= 15 is 0 Å². The zero-order valence-electron chi connectivity index (χ0n) is 9.63. The molecule has 0 aromatic carbocycles. The normalized spacial score (nSPS) is 24.9. The van der Waals surface area contributed by atoms with Crippen LogP contribution >= 0.6 is 0 Å². The van der Waals surface area contributed by atoms with E-state index in [2.05, 4.69) is 13.8 Å². The summed E-state index contributed by atoms with van der Waals surface area (Å²) in [6.07, 6.45) is 7.21. The summed E-state index contributed by atoms with van der Waals surface area (Å²) in [5, 5.41) is 9.15. The van der Waals surface area contributed by atoms with Crippen molar-refractivity contribution in [3.05, 3.63) is 0 Å². The molecule has 14 heavy (non-hydrogen) atoms. The molecule has 1 aliphatic carbocycles. The molecule has 0 aromatic heterocycles. The van der Waals surface area contributed by atoms with Crippen LogP contribution in [-0.4, -0.2) is 17.8 Å². The Morgan fingerprint density at radius 2 is 2.00 bits per heavy atom. The number of aliphatic hydroxyl groups is 1. The topological polar surface area (TPSA) is 46.2 Å². The average molecular weight is 199 g/mol. The molecule has 2 nitrogen and oxygen atoms in total. The molecule has 2 heteroatoms. The van der Waals surface area contributed by atoms with Gasteiger partial charge in [0.1, 0.15) is 0 Å². The molecule has 1 aliphatic rings. The average Bonchev–Trinajstić information content (AvgIpc) is 2.70. The summed E-state index contributed by atoms with van der Waals surface area (Å²) in [7, 11) is 0. The molecule has 0 spiro atoms. The maximum atomic E-state index is 9.15. The van der Waals surface area contributed by atoms with Crippen molar-refractivity contribution >= 4 is 0 Å². The van der Waals surface area contributed by atoms with E-state index in [1.54, 1.807) is 0 Å².